The van der Waals surface area contributed by atoms with E-state index in [2.05, 4.69) is 27.8 Å². The molecule has 0 spiro atoms. The molecule has 1 saturated carbocycles. The number of hydrogen-bond donors (Lipinski definition) is 2. The van der Waals surface area contributed by atoms with Crippen LogP contribution in [0.15, 0.2) is 48.8 Å². The molecule has 1 fully saturated rings. The number of nitrogens with one attached hydrogen (secondary N) is 2. The molecule has 1 aliphatic carbocycles. The number of amides is 1. The van der Waals surface area contributed by atoms with Crippen molar-refractivity contribution in [2.45, 2.75) is 31.7 Å². The minimum Gasteiger partial charge on any atom is -0.381 e. The first-order chi connectivity index (χ1) is 10.8. The molecule has 4 nitrogen and oxygen atoms in total. The number of benzene rings is 1. The Labute approximate surface area is 131 Å². The molecule has 0 bridgehead atoms. The number of nitrogens with zero attached hydrogens (tertiary/aromatic N) is 1. The van der Waals surface area contributed by atoms with Gasteiger partial charge >= 0.3 is 0 Å². The minimum absolute atomic E-state index is 0.0555. The third-order valence-electron chi connectivity index (χ3n) is 3.72. The molecular formula is C18H21N3O. The van der Waals surface area contributed by atoms with E-state index in [9.17, 15) is 4.79 Å². The van der Waals surface area contributed by atoms with E-state index in [0.29, 0.717) is 18.2 Å². The summed E-state index contributed by atoms with van der Waals surface area (Å²) in [4.78, 5) is 16.3. The lowest BCUT2D eigenvalue weighted by molar-refractivity contribution is 0.0953. The van der Waals surface area contributed by atoms with Crippen LogP contribution >= 0.6 is 0 Å². The second-order valence-corrected chi connectivity index (χ2v) is 5.73. The molecule has 3 rings (SSSR count). The van der Waals surface area contributed by atoms with Gasteiger partial charge in [-0.1, -0.05) is 30.3 Å². The molecule has 1 amide bonds. The van der Waals surface area contributed by atoms with Crippen LogP contribution in [0.3, 0.4) is 0 Å². The Kier molecular flexibility index (Phi) is 4.68. The molecule has 0 unspecified atom stereocenters. The average Bonchev–Trinajstić information content (AvgIpc) is 3.36. The summed E-state index contributed by atoms with van der Waals surface area (Å²) in [6.07, 6.45) is 7.70. The van der Waals surface area contributed by atoms with Crippen molar-refractivity contribution < 1.29 is 4.79 Å². The van der Waals surface area contributed by atoms with E-state index in [0.717, 1.165) is 18.5 Å². The molecule has 2 N–H and O–H groups in total. The van der Waals surface area contributed by atoms with Crippen molar-refractivity contribution in [1.82, 2.24) is 10.3 Å². The summed E-state index contributed by atoms with van der Waals surface area (Å²) in [6.45, 7) is 0.675. The number of pyridine rings is 1. The van der Waals surface area contributed by atoms with Crippen LogP contribution < -0.4 is 10.6 Å². The number of carbonyl (C=O) groups is 1. The van der Waals surface area contributed by atoms with Gasteiger partial charge in [-0.15, -0.1) is 0 Å². The quantitative estimate of drug-likeness (QED) is 0.772. The number of aryl methyl sites for hydroxylation is 1. The van der Waals surface area contributed by atoms with Gasteiger partial charge in [0.1, 0.15) is 0 Å². The highest BCUT2D eigenvalue weighted by Crippen LogP contribution is 2.24. The highest BCUT2D eigenvalue weighted by Gasteiger charge is 2.21. The van der Waals surface area contributed by atoms with Gasteiger partial charge in [-0.2, -0.15) is 0 Å². The molecule has 0 saturated heterocycles. The Morgan fingerprint density at radius 1 is 1.18 bits per heavy atom. The van der Waals surface area contributed by atoms with Crippen LogP contribution in [0, 0.1) is 0 Å². The minimum atomic E-state index is -0.0555. The highest BCUT2D eigenvalue weighted by atomic mass is 16.1. The second kappa shape index (κ2) is 7.07. The Bertz CT molecular complexity index is 623. The van der Waals surface area contributed by atoms with Gasteiger partial charge in [0.2, 0.25) is 0 Å². The van der Waals surface area contributed by atoms with E-state index >= 15 is 0 Å². The number of rotatable bonds is 7. The third kappa shape index (κ3) is 4.32. The van der Waals surface area contributed by atoms with Crippen LogP contribution in [-0.4, -0.2) is 23.5 Å². The monoisotopic (exact) mass is 295 g/mol. The van der Waals surface area contributed by atoms with Crippen molar-refractivity contribution in [2.75, 3.05) is 11.9 Å². The highest BCUT2D eigenvalue weighted by molar-refractivity contribution is 5.94. The predicted octanol–water partition coefficient (Wildman–Crippen LogP) is 3.02. The molecule has 4 heteroatoms. The summed E-state index contributed by atoms with van der Waals surface area (Å²) in [6, 6.07) is 12.7. The number of anilines is 1. The summed E-state index contributed by atoms with van der Waals surface area (Å²) >= 11 is 0. The zero-order valence-electron chi connectivity index (χ0n) is 12.6. The third-order valence-corrected chi connectivity index (χ3v) is 3.72. The van der Waals surface area contributed by atoms with Gasteiger partial charge in [-0.3, -0.25) is 9.78 Å². The lowest BCUT2D eigenvalue weighted by Crippen LogP contribution is -2.25. The fourth-order valence-electron chi connectivity index (χ4n) is 2.35. The predicted molar refractivity (Wildman–Crippen MR) is 88.0 cm³/mol. The zero-order valence-corrected chi connectivity index (χ0v) is 12.6. The van der Waals surface area contributed by atoms with E-state index in [1.807, 2.05) is 24.3 Å². The standard InChI is InChI=1S/C18H21N3O/c22-18(20-10-4-7-14-5-2-1-3-6-14)15-11-17(13-19-12-15)21-16-8-9-16/h1-3,5-6,11-13,16,21H,4,7-10H2,(H,20,22). The second-order valence-electron chi connectivity index (χ2n) is 5.73. The zero-order chi connectivity index (χ0) is 15.2. The van der Waals surface area contributed by atoms with Crippen LogP contribution in [0.2, 0.25) is 0 Å². The molecular weight excluding hydrogens is 274 g/mol. The lowest BCUT2D eigenvalue weighted by atomic mass is 10.1. The van der Waals surface area contributed by atoms with Gasteiger partial charge in [0.25, 0.3) is 5.91 Å². The molecule has 0 radical (unpaired) electrons. The van der Waals surface area contributed by atoms with Crippen molar-refractivity contribution in [3.05, 3.63) is 59.9 Å². The van der Waals surface area contributed by atoms with Crippen molar-refractivity contribution in [3.63, 3.8) is 0 Å². The summed E-state index contributed by atoms with van der Waals surface area (Å²) in [5, 5.41) is 6.32. The Hall–Kier alpha value is -2.36. The molecule has 1 aromatic carbocycles. The summed E-state index contributed by atoms with van der Waals surface area (Å²) in [7, 11) is 0. The smallest absolute Gasteiger partial charge is 0.252 e. The average molecular weight is 295 g/mol. The molecule has 22 heavy (non-hydrogen) atoms. The first-order valence-corrected chi connectivity index (χ1v) is 7.85. The van der Waals surface area contributed by atoms with E-state index in [1.165, 1.54) is 18.4 Å². The van der Waals surface area contributed by atoms with E-state index in [4.69, 9.17) is 0 Å². The fraction of sp³-hybridized carbons (Fsp3) is 0.333. The normalized spacial score (nSPS) is 13.6. The SMILES string of the molecule is O=C(NCCCc1ccccc1)c1cncc(NC2CC2)c1. The molecule has 2 aromatic rings. The number of hydrogen-bond acceptors (Lipinski definition) is 3. The van der Waals surface area contributed by atoms with Crippen molar-refractivity contribution >= 4 is 11.6 Å². The van der Waals surface area contributed by atoms with Crippen molar-refractivity contribution in [3.8, 4) is 0 Å². The molecule has 1 heterocycles. The van der Waals surface area contributed by atoms with Gasteiger partial charge in [0.15, 0.2) is 0 Å². The van der Waals surface area contributed by atoms with Gasteiger partial charge in [0.05, 0.1) is 11.3 Å². The maximum Gasteiger partial charge on any atom is 0.252 e. The van der Waals surface area contributed by atoms with E-state index in [-0.39, 0.29) is 5.91 Å². The molecule has 1 aromatic heterocycles. The molecule has 114 valence electrons. The maximum absolute atomic E-state index is 12.1. The van der Waals surface area contributed by atoms with Crippen LogP contribution in [0.25, 0.3) is 0 Å². The van der Waals surface area contributed by atoms with Gasteiger partial charge in [0, 0.05) is 25.0 Å². The molecule has 0 aliphatic heterocycles. The van der Waals surface area contributed by atoms with Crippen molar-refractivity contribution in [1.29, 1.82) is 0 Å². The topological polar surface area (TPSA) is 54.0 Å². The Balaban J connectivity index is 1.45. The summed E-state index contributed by atoms with van der Waals surface area (Å²) in [5.41, 5.74) is 2.85. The summed E-state index contributed by atoms with van der Waals surface area (Å²) < 4.78 is 0. The number of aromatic nitrogens is 1. The first-order valence-electron chi connectivity index (χ1n) is 7.85. The van der Waals surface area contributed by atoms with Gasteiger partial charge in [-0.25, -0.2) is 0 Å². The van der Waals surface area contributed by atoms with Crippen LogP contribution in [0.5, 0.6) is 0 Å². The lowest BCUT2D eigenvalue weighted by Gasteiger charge is -2.08. The first kappa shape index (κ1) is 14.6. The van der Waals surface area contributed by atoms with Crippen LogP contribution in [0.4, 0.5) is 5.69 Å². The van der Waals surface area contributed by atoms with E-state index < -0.39 is 0 Å². The molecule has 0 atom stereocenters. The molecule has 1 aliphatic rings. The maximum atomic E-state index is 12.1. The van der Waals surface area contributed by atoms with E-state index in [1.54, 1.807) is 12.4 Å². The number of carbonyl (C=O) groups excluding carboxylic acids is 1. The van der Waals surface area contributed by atoms with Crippen molar-refractivity contribution in [2.24, 2.45) is 0 Å². The Morgan fingerprint density at radius 2 is 2.00 bits per heavy atom. The summed E-state index contributed by atoms with van der Waals surface area (Å²) in [5.74, 6) is -0.0555. The van der Waals surface area contributed by atoms with Crippen LogP contribution in [0.1, 0.15) is 35.2 Å². The Morgan fingerprint density at radius 3 is 2.77 bits per heavy atom. The fourth-order valence-corrected chi connectivity index (χ4v) is 2.35. The largest absolute Gasteiger partial charge is 0.381 e. The van der Waals surface area contributed by atoms with Crippen LogP contribution in [-0.2, 0) is 6.42 Å². The van der Waals surface area contributed by atoms with Gasteiger partial charge in [-0.05, 0) is 37.3 Å². The van der Waals surface area contributed by atoms with Gasteiger partial charge < -0.3 is 10.6 Å².